The minimum Gasteiger partial charge on any atom is -0.390 e. The first kappa shape index (κ1) is 16.1. The molecule has 0 amide bonds. The van der Waals surface area contributed by atoms with E-state index in [0.717, 1.165) is 4.52 Å². The molecule has 12 nitrogen and oxygen atoms in total. The van der Waals surface area contributed by atoms with Gasteiger partial charge < -0.3 is 25.4 Å². The zero-order valence-electron chi connectivity index (χ0n) is 11.6. The number of anilines is 1. The zero-order chi connectivity index (χ0) is 16.8. The van der Waals surface area contributed by atoms with Gasteiger partial charge in [0.1, 0.15) is 6.10 Å². The van der Waals surface area contributed by atoms with E-state index in [1.807, 2.05) is 0 Å². The van der Waals surface area contributed by atoms with Crippen LogP contribution in [0.1, 0.15) is 18.1 Å². The second-order valence-electron chi connectivity index (χ2n) is 5.02. The first-order valence-corrected chi connectivity index (χ1v) is 8.04. The maximum atomic E-state index is 11.7. The van der Waals surface area contributed by atoms with Crippen molar-refractivity contribution in [3.63, 3.8) is 0 Å². The molecule has 0 aliphatic carbocycles. The van der Waals surface area contributed by atoms with Gasteiger partial charge >= 0.3 is 13.5 Å². The highest BCUT2D eigenvalue weighted by molar-refractivity contribution is 7.46. The summed E-state index contributed by atoms with van der Waals surface area (Å²) in [5, 5.41) is 13.8. The summed E-state index contributed by atoms with van der Waals surface area (Å²) in [7, 11) is -4.66. The molecule has 3 heterocycles. The Hall–Kier alpha value is -1.82. The fourth-order valence-corrected chi connectivity index (χ4v) is 2.74. The minimum absolute atomic E-state index is 0.0934. The standard InChI is InChI=1S/C10H14N5O7P/c11-9-13-8-4(2-12-15(8)10(17)14-9)6-1-5(16)7(22-6)3-21-23(18,19)20/h2,5-7,16H,1,3H2,(H2,18,19,20)(H3,11,13,14,17). The number of nitrogen functional groups attached to an aromatic ring is 1. The molecule has 2 aromatic rings. The molecule has 0 spiro atoms. The van der Waals surface area contributed by atoms with Crippen LogP contribution in [-0.2, 0) is 13.8 Å². The molecule has 0 bridgehead atoms. The van der Waals surface area contributed by atoms with E-state index in [1.165, 1.54) is 6.20 Å². The van der Waals surface area contributed by atoms with E-state index in [9.17, 15) is 14.5 Å². The van der Waals surface area contributed by atoms with E-state index < -0.39 is 38.4 Å². The van der Waals surface area contributed by atoms with Crippen LogP contribution < -0.4 is 11.4 Å². The molecule has 2 aromatic heterocycles. The summed E-state index contributed by atoms with van der Waals surface area (Å²) in [4.78, 5) is 35.4. The number of H-pyrrole nitrogens is 1. The maximum absolute atomic E-state index is 11.7. The van der Waals surface area contributed by atoms with E-state index >= 15 is 0 Å². The lowest BCUT2D eigenvalue weighted by Gasteiger charge is -2.15. The summed E-state index contributed by atoms with van der Waals surface area (Å²) < 4.78 is 21.6. The predicted molar refractivity (Wildman–Crippen MR) is 74.3 cm³/mol. The molecule has 1 fully saturated rings. The lowest BCUT2D eigenvalue weighted by Crippen LogP contribution is -2.25. The molecule has 3 rings (SSSR count). The van der Waals surface area contributed by atoms with Gasteiger partial charge in [0.25, 0.3) is 0 Å². The summed E-state index contributed by atoms with van der Waals surface area (Å²) in [5.74, 6) is -0.0934. The summed E-state index contributed by atoms with van der Waals surface area (Å²) >= 11 is 0. The van der Waals surface area contributed by atoms with Gasteiger partial charge in [-0.2, -0.15) is 14.6 Å². The molecular weight excluding hydrogens is 333 g/mol. The van der Waals surface area contributed by atoms with Crippen LogP contribution in [0.25, 0.3) is 5.65 Å². The van der Waals surface area contributed by atoms with Gasteiger partial charge in [0, 0.05) is 12.0 Å². The smallest absolute Gasteiger partial charge is 0.390 e. The van der Waals surface area contributed by atoms with Crippen molar-refractivity contribution in [2.45, 2.75) is 24.7 Å². The number of phosphoric ester groups is 1. The monoisotopic (exact) mass is 347 g/mol. The molecule has 3 unspecified atom stereocenters. The Bertz CT molecular complexity index is 829. The number of aromatic nitrogens is 4. The number of hydrogen-bond donors (Lipinski definition) is 5. The number of fused-ring (bicyclic) bond motifs is 1. The number of nitrogens with two attached hydrogens (primary N) is 1. The van der Waals surface area contributed by atoms with Crippen LogP contribution in [0.3, 0.4) is 0 Å². The summed E-state index contributed by atoms with van der Waals surface area (Å²) in [5.41, 5.74) is 5.54. The Morgan fingerprint density at radius 3 is 3.00 bits per heavy atom. The second kappa shape index (κ2) is 5.67. The highest BCUT2D eigenvalue weighted by Crippen LogP contribution is 2.39. The Morgan fingerprint density at radius 2 is 2.30 bits per heavy atom. The van der Waals surface area contributed by atoms with Gasteiger partial charge in [0.05, 0.1) is 25.0 Å². The number of aliphatic hydroxyl groups is 1. The molecule has 0 radical (unpaired) electrons. The van der Waals surface area contributed by atoms with Crippen molar-refractivity contribution in [1.29, 1.82) is 0 Å². The van der Waals surface area contributed by atoms with Crippen molar-refractivity contribution < 1.29 is 28.7 Å². The molecule has 6 N–H and O–H groups in total. The Labute approximate surface area is 128 Å². The molecule has 0 saturated carbocycles. The van der Waals surface area contributed by atoms with Crippen LogP contribution in [-0.4, -0.2) is 53.3 Å². The van der Waals surface area contributed by atoms with Crippen LogP contribution in [0.15, 0.2) is 11.0 Å². The van der Waals surface area contributed by atoms with E-state index in [4.69, 9.17) is 20.3 Å². The van der Waals surface area contributed by atoms with E-state index in [0.29, 0.717) is 5.56 Å². The average molecular weight is 347 g/mol. The van der Waals surface area contributed by atoms with Crippen LogP contribution in [0.2, 0.25) is 0 Å². The van der Waals surface area contributed by atoms with Gasteiger partial charge in [-0.15, -0.1) is 0 Å². The van der Waals surface area contributed by atoms with E-state index in [2.05, 4.69) is 19.6 Å². The highest BCUT2D eigenvalue weighted by Gasteiger charge is 2.38. The van der Waals surface area contributed by atoms with Crippen molar-refractivity contribution in [1.82, 2.24) is 19.6 Å². The molecule has 13 heteroatoms. The summed E-state index contributed by atoms with van der Waals surface area (Å²) in [6.07, 6.45) is -1.10. The largest absolute Gasteiger partial charge is 0.469 e. The van der Waals surface area contributed by atoms with Crippen LogP contribution in [0, 0.1) is 0 Å². The summed E-state index contributed by atoms with van der Waals surface area (Å²) in [6.45, 7) is -0.475. The number of nitrogens with one attached hydrogen (secondary N) is 1. The van der Waals surface area contributed by atoms with E-state index in [-0.39, 0.29) is 18.0 Å². The molecule has 1 aliphatic heterocycles. The number of nitrogens with zero attached hydrogens (tertiary/aromatic N) is 3. The topological polar surface area (TPSA) is 185 Å². The van der Waals surface area contributed by atoms with Crippen molar-refractivity contribution in [2.24, 2.45) is 0 Å². The Morgan fingerprint density at radius 1 is 1.57 bits per heavy atom. The fraction of sp³-hybridized carbons (Fsp3) is 0.500. The number of rotatable bonds is 4. The maximum Gasteiger partial charge on any atom is 0.469 e. The normalized spacial score (nSPS) is 25.3. The lowest BCUT2D eigenvalue weighted by molar-refractivity contribution is -0.0218. The molecule has 0 aromatic carbocycles. The summed E-state index contributed by atoms with van der Waals surface area (Å²) in [6, 6.07) is 0. The number of aromatic amines is 1. The third-order valence-electron chi connectivity index (χ3n) is 3.40. The van der Waals surface area contributed by atoms with Gasteiger partial charge in [0.15, 0.2) is 5.65 Å². The van der Waals surface area contributed by atoms with E-state index in [1.54, 1.807) is 0 Å². The second-order valence-corrected chi connectivity index (χ2v) is 6.25. The first-order chi connectivity index (χ1) is 10.7. The van der Waals surface area contributed by atoms with Gasteiger partial charge in [-0.25, -0.2) is 9.36 Å². The van der Waals surface area contributed by atoms with Crippen molar-refractivity contribution in [2.75, 3.05) is 12.3 Å². The third kappa shape index (κ3) is 3.27. The van der Waals surface area contributed by atoms with Crippen LogP contribution in [0.5, 0.6) is 0 Å². The predicted octanol–water partition coefficient (Wildman–Crippen LogP) is -1.70. The van der Waals surface area contributed by atoms with Gasteiger partial charge in [-0.3, -0.25) is 9.51 Å². The number of aliphatic hydroxyl groups excluding tert-OH is 1. The van der Waals surface area contributed by atoms with Gasteiger partial charge in [0.2, 0.25) is 5.95 Å². The van der Waals surface area contributed by atoms with Crippen LogP contribution in [0.4, 0.5) is 5.95 Å². The average Bonchev–Trinajstić information content (AvgIpc) is 2.99. The molecule has 23 heavy (non-hydrogen) atoms. The number of ether oxygens (including phenoxy) is 1. The molecular formula is C10H14N5O7P. The fourth-order valence-electron chi connectivity index (χ4n) is 2.40. The van der Waals surface area contributed by atoms with Gasteiger partial charge in [-0.1, -0.05) is 0 Å². The number of hydrogen-bond acceptors (Lipinski definition) is 8. The molecule has 126 valence electrons. The first-order valence-electron chi connectivity index (χ1n) is 6.51. The van der Waals surface area contributed by atoms with Crippen molar-refractivity contribution in [3.8, 4) is 0 Å². The SMILES string of the molecule is Nc1nc2c(C3CC(O)C(COP(=O)(O)O)O3)cnn2c(=O)[nH]1. The lowest BCUT2D eigenvalue weighted by atomic mass is 10.1. The van der Waals surface area contributed by atoms with Gasteiger partial charge in [-0.05, 0) is 0 Å². The number of phosphoric acid groups is 1. The Kier molecular flexibility index (Phi) is 3.96. The molecule has 3 atom stereocenters. The minimum atomic E-state index is -4.66. The molecule has 1 aliphatic rings. The van der Waals surface area contributed by atoms with Crippen LogP contribution >= 0.6 is 7.82 Å². The zero-order valence-corrected chi connectivity index (χ0v) is 12.5. The quantitative estimate of drug-likeness (QED) is 0.399. The highest BCUT2D eigenvalue weighted by atomic mass is 31.2. The van der Waals surface area contributed by atoms with Crippen molar-refractivity contribution in [3.05, 3.63) is 22.2 Å². The Balaban J connectivity index is 1.84. The molecule has 1 saturated heterocycles. The van der Waals surface area contributed by atoms with Crippen molar-refractivity contribution >= 4 is 19.4 Å². The third-order valence-corrected chi connectivity index (χ3v) is 3.89.